The average Bonchev–Trinajstić information content (AvgIpc) is 3.53. The molecule has 0 unspecified atom stereocenters. The smallest absolute Gasteiger partial charge is 0.257 e. The first-order valence-electron chi connectivity index (χ1n) is 10.9. The van der Waals surface area contributed by atoms with Gasteiger partial charge in [-0.05, 0) is 39.1 Å². The number of ether oxygens (including phenoxy) is 1. The maximum atomic E-state index is 13.5. The van der Waals surface area contributed by atoms with Crippen molar-refractivity contribution in [3.63, 3.8) is 0 Å². The third-order valence-electron chi connectivity index (χ3n) is 6.46. The second-order valence-electron chi connectivity index (χ2n) is 8.56. The van der Waals surface area contributed by atoms with Crippen molar-refractivity contribution in [2.45, 2.75) is 19.3 Å². The number of nitrogens with zero attached hydrogens (tertiary/aromatic N) is 6. The zero-order valence-corrected chi connectivity index (χ0v) is 18.3. The number of hydrogen-bond donors (Lipinski definition) is 0. The van der Waals surface area contributed by atoms with Crippen molar-refractivity contribution in [3.8, 4) is 17.3 Å². The molecule has 1 aromatic carbocycles. The summed E-state index contributed by atoms with van der Waals surface area (Å²) in [5, 5.41) is 4.15. The van der Waals surface area contributed by atoms with Crippen LogP contribution >= 0.6 is 0 Å². The van der Waals surface area contributed by atoms with Gasteiger partial charge in [0.15, 0.2) is 0 Å². The summed E-state index contributed by atoms with van der Waals surface area (Å²) in [6, 6.07) is 7.42. The first-order valence-corrected chi connectivity index (χ1v) is 10.9. The highest BCUT2D eigenvalue weighted by Crippen LogP contribution is 2.49. The predicted molar refractivity (Wildman–Crippen MR) is 116 cm³/mol. The SMILES string of the molecule is CCOc1ccccc1C(=O)N1C[C@@H](c2nc(-c3cnccn3)no2)[C@]2(CCN(C)C2)C1. The molecule has 9 heteroatoms. The molecule has 2 saturated heterocycles. The minimum atomic E-state index is -0.128. The van der Waals surface area contributed by atoms with Gasteiger partial charge in [0.2, 0.25) is 11.7 Å². The van der Waals surface area contributed by atoms with Crippen LogP contribution in [0.2, 0.25) is 0 Å². The lowest BCUT2D eigenvalue weighted by molar-refractivity contribution is 0.0769. The number of rotatable bonds is 5. The van der Waals surface area contributed by atoms with Crippen LogP contribution in [0.1, 0.15) is 35.5 Å². The fourth-order valence-corrected chi connectivity index (χ4v) is 4.98. The normalized spacial score (nSPS) is 23.2. The van der Waals surface area contributed by atoms with Crippen LogP contribution in [0.25, 0.3) is 11.5 Å². The van der Waals surface area contributed by atoms with Gasteiger partial charge in [0.05, 0.1) is 24.3 Å². The molecule has 2 atom stereocenters. The topological polar surface area (TPSA) is 97.5 Å². The Morgan fingerprint density at radius 2 is 2.16 bits per heavy atom. The van der Waals surface area contributed by atoms with Crippen molar-refractivity contribution in [2.24, 2.45) is 5.41 Å². The molecule has 9 nitrogen and oxygen atoms in total. The molecule has 2 aliphatic heterocycles. The van der Waals surface area contributed by atoms with Crippen molar-refractivity contribution in [1.29, 1.82) is 0 Å². The highest BCUT2D eigenvalue weighted by molar-refractivity contribution is 5.97. The third kappa shape index (κ3) is 3.62. The van der Waals surface area contributed by atoms with Crippen LogP contribution in [0.15, 0.2) is 47.4 Å². The molecule has 5 rings (SSSR count). The Hall–Kier alpha value is -3.33. The number of para-hydroxylation sites is 1. The number of carbonyl (C=O) groups is 1. The van der Waals surface area contributed by atoms with E-state index in [1.54, 1.807) is 18.6 Å². The first-order chi connectivity index (χ1) is 15.6. The third-order valence-corrected chi connectivity index (χ3v) is 6.46. The standard InChI is InChI=1S/C23H26N6O3/c1-3-31-19-7-5-4-6-16(19)22(30)29-13-17(23(15-29)8-11-28(2)14-23)21-26-20(27-32-21)18-12-24-9-10-25-18/h4-7,9-10,12,17H,3,8,11,13-15H2,1-2H3/t17-,23-/m0/s1. The summed E-state index contributed by atoms with van der Waals surface area (Å²) in [4.78, 5) is 30.7. The molecule has 2 aromatic heterocycles. The largest absolute Gasteiger partial charge is 0.493 e. The molecule has 2 fully saturated rings. The maximum absolute atomic E-state index is 13.5. The van der Waals surface area contributed by atoms with Gasteiger partial charge in [0.25, 0.3) is 5.91 Å². The molecular formula is C23H26N6O3. The average molecular weight is 435 g/mol. The summed E-state index contributed by atoms with van der Waals surface area (Å²) < 4.78 is 11.4. The van der Waals surface area contributed by atoms with Gasteiger partial charge in [-0.15, -0.1) is 0 Å². The van der Waals surface area contributed by atoms with Crippen molar-refractivity contribution in [2.75, 3.05) is 39.8 Å². The van der Waals surface area contributed by atoms with Crippen LogP contribution in [-0.2, 0) is 0 Å². The van der Waals surface area contributed by atoms with Crippen molar-refractivity contribution in [3.05, 3.63) is 54.3 Å². The number of benzene rings is 1. The van der Waals surface area contributed by atoms with E-state index in [2.05, 4.69) is 32.1 Å². The fourth-order valence-electron chi connectivity index (χ4n) is 4.98. The quantitative estimate of drug-likeness (QED) is 0.604. The Labute approximate surface area is 186 Å². The molecule has 166 valence electrons. The summed E-state index contributed by atoms with van der Waals surface area (Å²) in [5.41, 5.74) is 1.02. The van der Waals surface area contributed by atoms with Crippen LogP contribution in [0.4, 0.5) is 0 Å². The van der Waals surface area contributed by atoms with Gasteiger partial charge in [0, 0.05) is 37.4 Å². The first kappa shape index (κ1) is 20.6. The van der Waals surface area contributed by atoms with Crippen molar-refractivity contribution >= 4 is 5.91 Å². The molecule has 0 N–H and O–H groups in total. The summed E-state index contributed by atoms with van der Waals surface area (Å²) >= 11 is 0. The lowest BCUT2D eigenvalue weighted by Crippen LogP contribution is -2.34. The number of likely N-dealkylation sites (tertiary alicyclic amines) is 2. The number of aromatic nitrogens is 4. The van der Waals surface area contributed by atoms with Gasteiger partial charge in [-0.2, -0.15) is 4.98 Å². The van der Waals surface area contributed by atoms with E-state index in [0.717, 1.165) is 19.5 Å². The van der Waals surface area contributed by atoms with Crippen LogP contribution < -0.4 is 4.74 Å². The predicted octanol–water partition coefficient (Wildman–Crippen LogP) is 2.49. The van der Waals surface area contributed by atoms with Crippen LogP contribution in [0, 0.1) is 5.41 Å². The second kappa shape index (κ2) is 8.31. The molecule has 1 amide bonds. The van der Waals surface area contributed by atoms with E-state index in [4.69, 9.17) is 9.26 Å². The molecule has 0 saturated carbocycles. The van der Waals surface area contributed by atoms with E-state index < -0.39 is 0 Å². The molecule has 3 aromatic rings. The van der Waals surface area contributed by atoms with Crippen molar-refractivity contribution < 1.29 is 14.1 Å². The highest BCUT2D eigenvalue weighted by atomic mass is 16.5. The Balaban J connectivity index is 1.46. The van der Waals surface area contributed by atoms with Gasteiger partial charge >= 0.3 is 0 Å². The highest BCUT2D eigenvalue weighted by Gasteiger charge is 2.54. The molecular weight excluding hydrogens is 408 g/mol. The van der Waals surface area contributed by atoms with Crippen LogP contribution in [0.3, 0.4) is 0 Å². The second-order valence-corrected chi connectivity index (χ2v) is 8.56. The molecule has 1 spiro atoms. The Morgan fingerprint density at radius 1 is 1.28 bits per heavy atom. The number of amides is 1. The van der Waals surface area contributed by atoms with Gasteiger partial charge < -0.3 is 19.1 Å². The molecule has 0 aliphatic carbocycles. The summed E-state index contributed by atoms with van der Waals surface area (Å²) in [5.74, 6) is 1.51. The lowest BCUT2D eigenvalue weighted by Gasteiger charge is -2.27. The van der Waals surface area contributed by atoms with Gasteiger partial charge in [-0.1, -0.05) is 17.3 Å². The van der Waals surface area contributed by atoms with E-state index in [9.17, 15) is 4.79 Å². The van der Waals surface area contributed by atoms with Crippen molar-refractivity contribution in [1.82, 2.24) is 29.9 Å². The van der Waals surface area contributed by atoms with E-state index in [0.29, 0.717) is 48.4 Å². The minimum absolute atomic E-state index is 0.0286. The van der Waals surface area contributed by atoms with Gasteiger partial charge in [-0.25, -0.2) is 4.98 Å². The summed E-state index contributed by atoms with van der Waals surface area (Å²) in [6.45, 7) is 5.44. The maximum Gasteiger partial charge on any atom is 0.257 e. The molecule has 32 heavy (non-hydrogen) atoms. The van der Waals surface area contributed by atoms with E-state index in [-0.39, 0.29) is 17.2 Å². The van der Waals surface area contributed by atoms with Gasteiger partial charge in [0.1, 0.15) is 11.4 Å². The Morgan fingerprint density at radius 3 is 2.91 bits per heavy atom. The minimum Gasteiger partial charge on any atom is -0.493 e. The van der Waals surface area contributed by atoms with E-state index >= 15 is 0 Å². The Bertz CT molecular complexity index is 1100. The van der Waals surface area contributed by atoms with Crippen LogP contribution in [-0.4, -0.2) is 75.6 Å². The molecule has 2 aliphatic rings. The van der Waals surface area contributed by atoms with E-state index in [1.807, 2.05) is 36.1 Å². The number of carbonyl (C=O) groups excluding carboxylic acids is 1. The summed E-state index contributed by atoms with van der Waals surface area (Å²) in [7, 11) is 2.11. The molecule has 0 bridgehead atoms. The summed E-state index contributed by atoms with van der Waals surface area (Å²) in [6.07, 6.45) is 5.79. The Kier molecular flexibility index (Phi) is 5.34. The van der Waals surface area contributed by atoms with Crippen LogP contribution in [0.5, 0.6) is 5.75 Å². The monoisotopic (exact) mass is 434 g/mol. The molecule has 4 heterocycles. The zero-order chi connectivity index (χ0) is 22.1. The fraction of sp³-hybridized carbons (Fsp3) is 0.435. The lowest BCUT2D eigenvalue weighted by atomic mass is 9.77. The molecule has 0 radical (unpaired) electrons. The van der Waals surface area contributed by atoms with Gasteiger partial charge in [-0.3, -0.25) is 9.78 Å². The van der Waals surface area contributed by atoms with E-state index in [1.165, 1.54) is 0 Å². The zero-order valence-electron chi connectivity index (χ0n) is 18.3. The number of hydrogen-bond acceptors (Lipinski definition) is 8.